The van der Waals surface area contributed by atoms with E-state index < -0.39 is 16.1 Å². The van der Waals surface area contributed by atoms with E-state index in [1.807, 2.05) is 0 Å². The van der Waals surface area contributed by atoms with Crippen LogP contribution in [0.1, 0.15) is 41.7 Å². The molecule has 3 rings (SSSR count). The van der Waals surface area contributed by atoms with Gasteiger partial charge in [-0.3, -0.25) is 4.79 Å². The smallest absolute Gasteiger partial charge is 0.257 e. The monoisotopic (exact) mass is 448 g/mol. The zero-order valence-electron chi connectivity index (χ0n) is 18.2. The number of carbonyl (C=O) groups excluding carboxylic acids is 1. The summed E-state index contributed by atoms with van der Waals surface area (Å²) in [6.07, 6.45) is 1.88. The lowest BCUT2D eigenvalue weighted by Crippen LogP contribution is -2.29. The van der Waals surface area contributed by atoms with Gasteiger partial charge in [0.15, 0.2) is 11.5 Å². The summed E-state index contributed by atoms with van der Waals surface area (Å²) in [6.45, 7) is 3.06. The van der Waals surface area contributed by atoms with E-state index in [9.17, 15) is 13.2 Å². The van der Waals surface area contributed by atoms with Crippen molar-refractivity contribution in [2.45, 2.75) is 30.7 Å². The summed E-state index contributed by atoms with van der Waals surface area (Å²) < 4.78 is 44.6. The Morgan fingerprint density at radius 3 is 2.16 bits per heavy atom. The molecule has 1 aliphatic heterocycles. The average Bonchev–Trinajstić information content (AvgIpc) is 3.32. The van der Waals surface area contributed by atoms with Crippen molar-refractivity contribution in [1.82, 2.24) is 9.62 Å². The number of ether oxygens (including phenoxy) is 3. The Balaban J connectivity index is 1.87. The van der Waals surface area contributed by atoms with E-state index >= 15 is 0 Å². The van der Waals surface area contributed by atoms with E-state index in [-0.39, 0.29) is 16.4 Å². The van der Waals surface area contributed by atoms with Gasteiger partial charge in [-0.2, -0.15) is 0 Å². The highest BCUT2D eigenvalue weighted by Crippen LogP contribution is 2.31. The van der Waals surface area contributed by atoms with Gasteiger partial charge >= 0.3 is 0 Å². The van der Waals surface area contributed by atoms with E-state index in [2.05, 4.69) is 4.72 Å². The highest BCUT2D eigenvalue weighted by molar-refractivity contribution is 7.89. The Hall–Kier alpha value is -2.78. The third-order valence-electron chi connectivity index (χ3n) is 5.34. The second-order valence-electron chi connectivity index (χ2n) is 7.32. The van der Waals surface area contributed by atoms with E-state index in [4.69, 9.17) is 14.2 Å². The van der Waals surface area contributed by atoms with Gasteiger partial charge in [-0.05, 0) is 55.7 Å². The molecule has 8 nitrogen and oxygen atoms in total. The fourth-order valence-corrected chi connectivity index (χ4v) is 4.86. The van der Waals surface area contributed by atoms with Crippen molar-refractivity contribution in [1.29, 1.82) is 0 Å². The number of methoxy groups -OCH3 is 3. The zero-order valence-corrected chi connectivity index (χ0v) is 19.0. The van der Waals surface area contributed by atoms with Gasteiger partial charge in [-0.15, -0.1) is 0 Å². The third-order valence-corrected chi connectivity index (χ3v) is 6.88. The number of nitrogens with one attached hydrogen (secondary N) is 1. The van der Waals surface area contributed by atoms with Gasteiger partial charge in [0.05, 0.1) is 31.8 Å². The second-order valence-corrected chi connectivity index (χ2v) is 9.03. The van der Waals surface area contributed by atoms with E-state index in [1.54, 1.807) is 30.0 Å². The SMILES string of the molecule is COc1ccc(C(C)NS(=O)(=O)c2ccc(OC)c(C(=O)N3CCCC3)c2)cc1OC. The number of rotatable bonds is 8. The minimum Gasteiger partial charge on any atom is -0.496 e. The Morgan fingerprint density at radius 1 is 0.935 bits per heavy atom. The molecule has 0 spiro atoms. The van der Waals surface area contributed by atoms with Crippen LogP contribution in [-0.2, 0) is 10.0 Å². The van der Waals surface area contributed by atoms with Crippen LogP contribution in [0.4, 0.5) is 0 Å². The molecule has 168 valence electrons. The minimum atomic E-state index is -3.90. The number of sulfonamides is 1. The van der Waals surface area contributed by atoms with Gasteiger partial charge in [0.2, 0.25) is 10.0 Å². The zero-order chi connectivity index (χ0) is 22.6. The molecule has 1 fully saturated rings. The first-order chi connectivity index (χ1) is 14.8. The third kappa shape index (κ3) is 4.94. The van der Waals surface area contributed by atoms with E-state index in [0.29, 0.717) is 35.9 Å². The molecule has 0 saturated carbocycles. The molecule has 0 aromatic heterocycles. The van der Waals surface area contributed by atoms with Gasteiger partial charge in [0, 0.05) is 19.1 Å². The summed E-state index contributed by atoms with van der Waals surface area (Å²) in [7, 11) is 0.621. The summed E-state index contributed by atoms with van der Waals surface area (Å²) in [5, 5.41) is 0. The van der Waals surface area contributed by atoms with Gasteiger partial charge in [0.25, 0.3) is 5.91 Å². The number of carbonyl (C=O) groups is 1. The van der Waals surface area contributed by atoms with Crippen LogP contribution in [0.5, 0.6) is 17.2 Å². The second kappa shape index (κ2) is 9.57. The molecule has 1 saturated heterocycles. The summed E-state index contributed by atoms with van der Waals surface area (Å²) in [6, 6.07) is 9.00. The van der Waals surface area contributed by atoms with Crippen molar-refractivity contribution in [3.63, 3.8) is 0 Å². The molecule has 1 N–H and O–H groups in total. The number of nitrogens with zero attached hydrogens (tertiary/aromatic N) is 1. The Kier molecular flexibility index (Phi) is 7.07. The normalized spacial score (nSPS) is 14.9. The van der Waals surface area contributed by atoms with Crippen LogP contribution in [0, 0.1) is 0 Å². The van der Waals surface area contributed by atoms with Crippen molar-refractivity contribution < 1.29 is 27.4 Å². The summed E-state index contributed by atoms with van der Waals surface area (Å²) in [5.74, 6) is 1.19. The van der Waals surface area contributed by atoms with Crippen LogP contribution in [0.25, 0.3) is 0 Å². The Labute approximate surface area is 183 Å². The van der Waals surface area contributed by atoms with Crippen molar-refractivity contribution in [3.05, 3.63) is 47.5 Å². The molecule has 0 aliphatic carbocycles. The number of benzene rings is 2. The topological polar surface area (TPSA) is 94.2 Å². The van der Waals surface area contributed by atoms with Crippen LogP contribution in [0.3, 0.4) is 0 Å². The molecule has 31 heavy (non-hydrogen) atoms. The number of amides is 1. The lowest BCUT2D eigenvalue weighted by molar-refractivity contribution is 0.0789. The maximum Gasteiger partial charge on any atom is 0.257 e. The maximum absolute atomic E-state index is 13.1. The number of likely N-dealkylation sites (tertiary alicyclic amines) is 1. The minimum absolute atomic E-state index is 0.00294. The fourth-order valence-electron chi connectivity index (χ4n) is 3.60. The predicted octanol–water partition coefficient (Wildman–Crippen LogP) is 2.99. The molecule has 1 unspecified atom stereocenters. The molecule has 1 heterocycles. The van der Waals surface area contributed by atoms with Gasteiger partial charge < -0.3 is 19.1 Å². The molecule has 1 aliphatic rings. The van der Waals surface area contributed by atoms with Crippen molar-refractivity contribution >= 4 is 15.9 Å². The summed E-state index contributed by atoms with van der Waals surface area (Å²) >= 11 is 0. The van der Waals surface area contributed by atoms with Gasteiger partial charge in [-0.1, -0.05) is 6.07 Å². The van der Waals surface area contributed by atoms with Crippen molar-refractivity contribution in [3.8, 4) is 17.2 Å². The molecular formula is C22H28N2O6S. The van der Waals surface area contributed by atoms with E-state index in [1.165, 1.54) is 39.5 Å². The van der Waals surface area contributed by atoms with E-state index in [0.717, 1.165) is 12.8 Å². The molecule has 1 atom stereocenters. The van der Waals surface area contributed by atoms with Crippen molar-refractivity contribution in [2.75, 3.05) is 34.4 Å². The Morgan fingerprint density at radius 2 is 1.55 bits per heavy atom. The first-order valence-electron chi connectivity index (χ1n) is 10.0. The highest BCUT2D eigenvalue weighted by atomic mass is 32.2. The molecule has 9 heteroatoms. The van der Waals surface area contributed by atoms with Crippen LogP contribution in [-0.4, -0.2) is 53.6 Å². The molecule has 2 aromatic rings. The van der Waals surface area contributed by atoms with Crippen LogP contribution in [0.2, 0.25) is 0 Å². The fraction of sp³-hybridized carbons (Fsp3) is 0.409. The summed E-state index contributed by atoms with van der Waals surface area (Å²) in [4.78, 5) is 14.6. The molecule has 0 bridgehead atoms. The number of hydrogen-bond donors (Lipinski definition) is 1. The Bertz CT molecular complexity index is 1050. The summed E-state index contributed by atoms with van der Waals surface area (Å²) in [5.41, 5.74) is 0.953. The van der Waals surface area contributed by atoms with Crippen molar-refractivity contribution in [2.24, 2.45) is 0 Å². The van der Waals surface area contributed by atoms with Gasteiger partial charge in [-0.25, -0.2) is 13.1 Å². The molecule has 0 radical (unpaired) electrons. The largest absolute Gasteiger partial charge is 0.496 e. The quantitative estimate of drug-likeness (QED) is 0.667. The van der Waals surface area contributed by atoms with Gasteiger partial charge in [0.1, 0.15) is 5.75 Å². The average molecular weight is 449 g/mol. The first kappa shape index (κ1) is 22.9. The van der Waals surface area contributed by atoms with Crippen LogP contribution in [0.15, 0.2) is 41.3 Å². The first-order valence-corrected chi connectivity index (χ1v) is 11.5. The standard InChI is InChI=1S/C22H28N2O6S/c1-15(16-7-9-20(29-3)21(13-16)30-4)23-31(26,27)17-8-10-19(28-2)18(14-17)22(25)24-11-5-6-12-24/h7-10,13-15,23H,5-6,11-12H2,1-4H3. The molecule has 1 amide bonds. The van der Waals surface area contributed by atoms with Crippen LogP contribution >= 0.6 is 0 Å². The lowest BCUT2D eigenvalue weighted by atomic mass is 10.1. The maximum atomic E-state index is 13.1. The van der Waals surface area contributed by atoms with Crippen LogP contribution < -0.4 is 18.9 Å². The number of hydrogen-bond acceptors (Lipinski definition) is 6. The lowest BCUT2D eigenvalue weighted by Gasteiger charge is -2.19. The molecule has 2 aromatic carbocycles. The predicted molar refractivity (Wildman–Crippen MR) is 116 cm³/mol. The molecular weight excluding hydrogens is 420 g/mol. The highest BCUT2D eigenvalue weighted by Gasteiger charge is 2.26.